The lowest BCUT2D eigenvalue weighted by atomic mass is 10.2. The number of benzene rings is 2. The average molecular weight is 441 g/mol. The molecule has 0 saturated heterocycles. The third-order valence-corrected chi connectivity index (χ3v) is 6.23. The molecule has 1 saturated carbocycles. The maximum absolute atomic E-state index is 12.7. The van der Waals surface area contributed by atoms with Crippen molar-refractivity contribution in [2.75, 3.05) is 11.1 Å². The molecule has 0 aromatic heterocycles. The third-order valence-electron chi connectivity index (χ3n) is 5.16. The molecular weight excluding hydrogens is 412 g/mol. The fourth-order valence-corrected chi connectivity index (χ4v) is 4.25. The summed E-state index contributed by atoms with van der Waals surface area (Å²) in [4.78, 5) is 37.9. The van der Waals surface area contributed by atoms with Crippen LogP contribution in [0.3, 0.4) is 0 Å². The van der Waals surface area contributed by atoms with Gasteiger partial charge < -0.3 is 15.4 Å². The fraction of sp³-hybridized carbons (Fsp3) is 0.375. The molecule has 2 aromatic rings. The van der Waals surface area contributed by atoms with Gasteiger partial charge in [0, 0.05) is 16.6 Å². The Balaban J connectivity index is 1.54. The Bertz CT molecular complexity index is 923. The van der Waals surface area contributed by atoms with Crippen LogP contribution in [0.1, 0.15) is 48.5 Å². The molecule has 1 atom stereocenters. The molecule has 1 aliphatic rings. The number of rotatable bonds is 8. The molecule has 2 amide bonds. The van der Waals surface area contributed by atoms with Crippen LogP contribution in [0.25, 0.3) is 0 Å². The van der Waals surface area contributed by atoms with Gasteiger partial charge in [-0.15, -0.1) is 11.8 Å². The Morgan fingerprint density at radius 3 is 2.45 bits per heavy atom. The van der Waals surface area contributed by atoms with E-state index in [1.807, 2.05) is 31.2 Å². The molecule has 7 heteroatoms. The first kappa shape index (κ1) is 22.9. The van der Waals surface area contributed by atoms with Crippen molar-refractivity contribution in [3.05, 3.63) is 59.7 Å². The number of aryl methyl sites for hydroxylation is 1. The number of carbonyl (C=O) groups excluding carboxylic acids is 3. The number of carbonyl (C=O) groups is 3. The van der Waals surface area contributed by atoms with E-state index >= 15 is 0 Å². The van der Waals surface area contributed by atoms with Crippen molar-refractivity contribution in [3.8, 4) is 0 Å². The maximum atomic E-state index is 12.7. The molecule has 0 bridgehead atoms. The van der Waals surface area contributed by atoms with Crippen LogP contribution in [-0.2, 0) is 14.3 Å². The predicted octanol–water partition coefficient (Wildman–Crippen LogP) is 4.33. The first-order chi connectivity index (χ1) is 14.9. The lowest BCUT2D eigenvalue weighted by Gasteiger charge is -2.17. The van der Waals surface area contributed by atoms with Crippen molar-refractivity contribution in [3.63, 3.8) is 0 Å². The van der Waals surface area contributed by atoms with Crippen LogP contribution >= 0.6 is 11.8 Å². The van der Waals surface area contributed by atoms with E-state index < -0.39 is 12.1 Å². The number of anilines is 1. The van der Waals surface area contributed by atoms with Gasteiger partial charge in [-0.05, 0) is 51.0 Å². The summed E-state index contributed by atoms with van der Waals surface area (Å²) in [6.07, 6.45) is 3.28. The van der Waals surface area contributed by atoms with E-state index in [1.54, 1.807) is 31.2 Å². The number of hydrogen-bond donors (Lipinski definition) is 2. The highest BCUT2D eigenvalue weighted by atomic mass is 32.2. The van der Waals surface area contributed by atoms with Crippen LogP contribution < -0.4 is 10.6 Å². The highest BCUT2D eigenvalue weighted by Crippen LogP contribution is 2.24. The summed E-state index contributed by atoms with van der Waals surface area (Å²) in [5.41, 5.74) is 2.19. The Kier molecular flexibility index (Phi) is 8.12. The number of thioether (sulfide) groups is 1. The molecule has 2 N–H and O–H groups in total. The number of nitrogens with one attached hydrogen (secondary N) is 2. The van der Waals surface area contributed by atoms with Crippen LogP contribution in [0.4, 0.5) is 5.69 Å². The van der Waals surface area contributed by atoms with Gasteiger partial charge in [0.05, 0.1) is 11.3 Å². The molecule has 1 aliphatic carbocycles. The van der Waals surface area contributed by atoms with Crippen LogP contribution in [-0.4, -0.2) is 35.7 Å². The van der Waals surface area contributed by atoms with E-state index in [0.717, 1.165) is 36.9 Å². The maximum Gasteiger partial charge on any atom is 0.340 e. The summed E-state index contributed by atoms with van der Waals surface area (Å²) < 4.78 is 5.40. The normalized spacial score (nSPS) is 14.6. The monoisotopic (exact) mass is 440 g/mol. The zero-order chi connectivity index (χ0) is 22.2. The van der Waals surface area contributed by atoms with Crippen molar-refractivity contribution >= 4 is 35.2 Å². The number of esters is 1. The van der Waals surface area contributed by atoms with Gasteiger partial charge in [-0.1, -0.05) is 42.7 Å². The SMILES string of the molecule is Cc1ccc(NC(=O)CSc2ccccc2C(=O)OC(C)C(=O)NC2CCCC2)cc1. The first-order valence-corrected chi connectivity index (χ1v) is 11.5. The van der Waals surface area contributed by atoms with Crippen LogP contribution in [0.15, 0.2) is 53.4 Å². The number of amides is 2. The van der Waals surface area contributed by atoms with E-state index in [0.29, 0.717) is 10.5 Å². The second-order valence-corrected chi connectivity index (χ2v) is 8.75. The fourth-order valence-electron chi connectivity index (χ4n) is 3.40. The topological polar surface area (TPSA) is 84.5 Å². The van der Waals surface area contributed by atoms with Gasteiger partial charge >= 0.3 is 5.97 Å². The highest BCUT2D eigenvalue weighted by Gasteiger charge is 2.24. The van der Waals surface area contributed by atoms with E-state index in [2.05, 4.69) is 10.6 Å². The molecule has 0 aliphatic heterocycles. The Hall–Kier alpha value is -2.80. The van der Waals surface area contributed by atoms with Crippen molar-refractivity contribution < 1.29 is 19.1 Å². The quantitative estimate of drug-likeness (QED) is 0.471. The molecule has 1 unspecified atom stereocenters. The molecule has 0 spiro atoms. The number of ether oxygens (including phenoxy) is 1. The molecule has 31 heavy (non-hydrogen) atoms. The van der Waals surface area contributed by atoms with Gasteiger partial charge in [0.2, 0.25) is 5.91 Å². The predicted molar refractivity (Wildman–Crippen MR) is 122 cm³/mol. The Labute approximate surface area is 187 Å². The summed E-state index contributed by atoms with van der Waals surface area (Å²) in [6.45, 7) is 3.56. The Morgan fingerprint density at radius 2 is 1.74 bits per heavy atom. The van der Waals surface area contributed by atoms with Gasteiger partial charge in [-0.2, -0.15) is 0 Å². The van der Waals surface area contributed by atoms with Gasteiger partial charge in [0.1, 0.15) is 0 Å². The van der Waals surface area contributed by atoms with Crippen molar-refractivity contribution in [1.82, 2.24) is 5.32 Å². The van der Waals surface area contributed by atoms with Crippen molar-refractivity contribution in [2.45, 2.75) is 56.6 Å². The number of hydrogen-bond acceptors (Lipinski definition) is 5. The minimum Gasteiger partial charge on any atom is -0.449 e. The standard InChI is InChI=1S/C24H28N2O4S/c1-16-11-13-19(14-12-16)25-22(27)15-31-21-10-6-5-9-20(21)24(29)30-17(2)23(28)26-18-7-3-4-8-18/h5-6,9-14,17-18H,3-4,7-8,15H2,1-2H3,(H,25,27)(H,26,28). The molecule has 0 radical (unpaired) electrons. The molecule has 0 heterocycles. The summed E-state index contributed by atoms with van der Waals surface area (Å²) in [5, 5.41) is 5.78. The van der Waals surface area contributed by atoms with Crippen LogP contribution in [0.5, 0.6) is 0 Å². The average Bonchev–Trinajstić information content (AvgIpc) is 3.27. The van der Waals surface area contributed by atoms with Crippen molar-refractivity contribution in [1.29, 1.82) is 0 Å². The molecular formula is C24H28N2O4S. The molecule has 1 fully saturated rings. The van der Waals surface area contributed by atoms with Gasteiger partial charge in [-0.3, -0.25) is 9.59 Å². The van der Waals surface area contributed by atoms with Gasteiger partial charge in [-0.25, -0.2) is 4.79 Å². The zero-order valence-corrected chi connectivity index (χ0v) is 18.7. The molecule has 164 valence electrons. The molecule has 6 nitrogen and oxygen atoms in total. The van der Waals surface area contributed by atoms with E-state index in [9.17, 15) is 14.4 Å². The Morgan fingerprint density at radius 1 is 1.06 bits per heavy atom. The van der Waals surface area contributed by atoms with E-state index in [1.165, 1.54) is 11.8 Å². The summed E-state index contributed by atoms with van der Waals surface area (Å²) >= 11 is 1.25. The third kappa shape index (κ3) is 6.85. The zero-order valence-electron chi connectivity index (χ0n) is 17.9. The minimum atomic E-state index is -0.879. The first-order valence-electron chi connectivity index (χ1n) is 10.5. The summed E-state index contributed by atoms with van der Waals surface area (Å²) in [7, 11) is 0. The highest BCUT2D eigenvalue weighted by molar-refractivity contribution is 8.00. The summed E-state index contributed by atoms with van der Waals surface area (Å²) in [6, 6.07) is 14.7. The second-order valence-electron chi connectivity index (χ2n) is 7.74. The smallest absolute Gasteiger partial charge is 0.340 e. The lowest BCUT2D eigenvalue weighted by Crippen LogP contribution is -2.40. The van der Waals surface area contributed by atoms with E-state index in [-0.39, 0.29) is 23.6 Å². The minimum absolute atomic E-state index is 0.149. The van der Waals surface area contributed by atoms with Crippen LogP contribution in [0, 0.1) is 6.92 Å². The van der Waals surface area contributed by atoms with Gasteiger partial charge in [0.25, 0.3) is 5.91 Å². The molecule has 2 aromatic carbocycles. The van der Waals surface area contributed by atoms with Gasteiger partial charge in [0.15, 0.2) is 6.10 Å². The largest absolute Gasteiger partial charge is 0.449 e. The second kappa shape index (κ2) is 11.0. The lowest BCUT2D eigenvalue weighted by molar-refractivity contribution is -0.129. The van der Waals surface area contributed by atoms with Crippen LogP contribution in [0.2, 0.25) is 0 Å². The van der Waals surface area contributed by atoms with Crippen molar-refractivity contribution in [2.24, 2.45) is 0 Å². The summed E-state index contributed by atoms with van der Waals surface area (Å²) in [5.74, 6) is -0.865. The van der Waals surface area contributed by atoms with E-state index in [4.69, 9.17) is 4.74 Å². The molecule has 3 rings (SSSR count).